The van der Waals surface area contributed by atoms with Gasteiger partial charge in [-0.15, -0.1) is 0 Å². The number of hydrogen-bond acceptors (Lipinski definition) is 2. The van der Waals surface area contributed by atoms with E-state index in [-0.39, 0.29) is 5.78 Å². The molecule has 0 saturated heterocycles. The lowest BCUT2D eigenvalue weighted by molar-refractivity contribution is -0.122. The van der Waals surface area contributed by atoms with Crippen LogP contribution in [0.1, 0.15) is 19.4 Å². The fourth-order valence-electron chi connectivity index (χ4n) is 4.08. The first-order valence-corrected chi connectivity index (χ1v) is 13.8. The Labute approximate surface area is 205 Å². The van der Waals surface area contributed by atoms with Crippen molar-refractivity contribution in [1.29, 1.82) is 0 Å². The molecule has 0 aliphatic rings. The minimum Gasteiger partial charge on any atom is -0.483 e. The standard InChI is InChI=1S/C29H27BrO2P/c1-22(31)23(2)32-29-19-18-25(30)20-24(29)21-33(26-12-6-3-7-13-26,27-14-8-4-9-15-27)28-16-10-5-11-17-28/h3-20,23H,21H2,1-2H3/q+1. The summed E-state index contributed by atoms with van der Waals surface area (Å²) in [6.45, 7) is 3.38. The molecule has 33 heavy (non-hydrogen) atoms. The van der Waals surface area contributed by atoms with Crippen LogP contribution in [0, 0.1) is 0 Å². The molecule has 1 unspecified atom stereocenters. The Morgan fingerprint density at radius 2 is 1.24 bits per heavy atom. The van der Waals surface area contributed by atoms with E-state index in [1.165, 1.54) is 15.9 Å². The third-order valence-corrected chi connectivity index (χ3v) is 10.7. The molecule has 0 bridgehead atoms. The lowest BCUT2D eigenvalue weighted by Crippen LogP contribution is -2.32. The van der Waals surface area contributed by atoms with E-state index in [1.54, 1.807) is 6.92 Å². The molecule has 4 aromatic rings. The van der Waals surface area contributed by atoms with Crippen LogP contribution in [0.5, 0.6) is 5.75 Å². The topological polar surface area (TPSA) is 26.3 Å². The number of Topliss-reactive ketones (excluding diaryl/α,β-unsaturated/α-hetero) is 1. The van der Waals surface area contributed by atoms with Crippen molar-refractivity contribution >= 4 is 44.9 Å². The van der Waals surface area contributed by atoms with E-state index in [0.717, 1.165) is 21.9 Å². The Bertz CT molecular complexity index is 1110. The molecule has 2 nitrogen and oxygen atoms in total. The van der Waals surface area contributed by atoms with Crippen molar-refractivity contribution in [2.75, 3.05) is 0 Å². The second-order valence-corrected chi connectivity index (χ2v) is 12.5. The Balaban J connectivity index is 1.96. The summed E-state index contributed by atoms with van der Waals surface area (Å²) in [4.78, 5) is 11.9. The van der Waals surface area contributed by atoms with Crippen molar-refractivity contribution in [3.05, 3.63) is 119 Å². The molecule has 4 aromatic carbocycles. The third-order valence-electron chi connectivity index (χ3n) is 5.90. The van der Waals surface area contributed by atoms with E-state index in [9.17, 15) is 4.79 Å². The lowest BCUT2D eigenvalue weighted by Gasteiger charge is -2.28. The highest BCUT2D eigenvalue weighted by atomic mass is 79.9. The summed E-state index contributed by atoms with van der Waals surface area (Å²) in [5.74, 6) is 0.771. The average Bonchev–Trinajstić information content (AvgIpc) is 2.85. The number of hydrogen-bond donors (Lipinski definition) is 0. The fourth-order valence-corrected chi connectivity index (χ4v) is 8.74. The molecule has 1 atom stereocenters. The second-order valence-electron chi connectivity index (χ2n) is 8.10. The van der Waals surface area contributed by atoms with Crippen molar-refractivity contribution < 1.29 is 9.53 Å². The zero-order chi connectivity index (χ0) is 23.3. The van der Waals surface area contributed by atoms with Gasteiger partial charge in [-0.1, -0.05) is 70.5 Å². The second kappa shape index (κ2) is 10.5. The predicted octanol–water partition coefficient (Wildman–Crippen LogP) is 6.30. The normalized spacial score (nSPS) is 12.2. The molecule has 0 aliphatic heterocycles. The average molecular weight is 518 g/mol. The molecule has 0 radical (unpaired) electrons. The number of carbonyl (C=O) groups is 1. The highest BCUT2D eigenvalue weighted by molar-refractivity contribution is 9.10. The van der Waals surface area contributed by atoms with Gasteiger partial charge in [-0.25, -0.2) is 0 Å². The van der Waals surface area contributed by atoms with Gasteiger partial charge >= 0.3 is 0 Å². The van der Waals surface area contributed by atoms with E-state index in [0.29, 0.717) is 0 Å². The van der Waals surface area contributed by atoms with Gasteiger partial charge in [0, 0.05) is 10.0 Å². The number of halogens is 1. The van der Waals surface area contributed by atoms with E-state index >= 15 is 0 Å². The monoisotopic (exact) mass is 517 g/mol. The van der Waals surface area contributed by atoms with Crippen LogP contribution in [0.4, 0.5) is 0 Å². The zero-order valence-corrected chi connectivity index (χ0v) is 21.3. The van der Waals surface area contributed by atoms with Crippen LogP contribution in [0.25, 0.3) is 0 Å². The Hall–Kier alpha value is -2.74. The van der Waals surface area contributed by atoms with Crippen molar-refractivity contribution in [3.8, 4) is 5.75 Å². The largest absolute Gasteiger partial charge is 0.483 e. The zero-order valence-electron chi connectivity index (χ0n) is 18.8. The van der Waals surface area contributed by atoms with Gasteiger partial charge in [0.25, 0.3) is 0 Å². The molecule has 0 amide bonds. The molecule has 4 rings (SSSR count). The molecule has 0 spiro atoms. The Kier molecular flexibility index (Phi) is 7.42. The van der Waals surface area contributed by atoms with Gasteiger partial charge in [-0.2, -0.15) is 0 Å². The van der Waals surface area contributed by atoms with E-state index < -0.39 is 13.4 Å². The maximum atomic E-state index is 11.9. The Morgan fingerprint density at radius 1 is 0.788 bits per heavy atom. The van der Waals surface area contributed by atoms with E-state index in [1.807, 2.05) is 19.1 Å². The van der Waals surface area contributed by atoms with Crippen LogP contribution in [0.3, 0.4) is 0 Å². The number of ketones is 1. The molecule has 0 aliphatic carbocycles. The van der Waals surface area contributed by atoms with Crippen LogP contribution in [0.2, 0.25) is 0 Å². The van der Waals surface area contributed by atoms with E-state index in [2.05, 4.69) is 113 Å². The van der Waals surface area contributed by atoms with Crippen molar-refractivity contribution in [3.63, 3.8) is 0 Å². The molecule has 0 aromatic heterocycles. The number of benzene rings is 4. The molecule has 0 heterocycles. The van der Waals surface area contributed by atoms with Crippen molar-refractivity contribution in [1.82, 2.24) is 0 Å². The minimum absolute atomic E-state index is 0.0131. The van der Waals surface area contributed by atoms with Crippen LogP contribution in [-0.4, -0.2) is 11.9 Å². The SMILES string of the molecule is CC(=O)C(C)Oc1ccc(Br)cc1C[P+](c1ccccc1)(c1ccccc1)c1ccccc1. The summed E-state index contributed by atoms with van der Waals surface area (Å²) >= 11 is 3.66. The van der Waals surface area contributed by atoms with Gasteiger partial charge in [0.2, 0.25) is 0 Å². The number of carbonyl (C=O) groups excluding carboxylic acids is 1. The van der Waals surface area contributed by atoms with Crippen LogP contribution < -0.4 is 20.7 Å². The molecule has 0 N–H and O–H groups in total. The van der Waals surface area contributed by atoms with Crippen molar-refractivity contribution in [2.24, 2.45) is 0 Å². The summed E-state index contributed by atoms with van der Waals surface area (Å²) in [6.07, 6.45) is 0.285. The first kappa shape index (κ1) is 23.4. The summed E-state index contributed by atoms with van der Waals surface area (Å²) in [7, 11) is -2.07. The van der Waals surface area contributed by atoms with Crippen LogP contribution in [-0.2, 0) is 11.0 Å². The number of rotatable bonds is 8. The van der Waals surface area contributed by atoms with Gasteiger partial charge in [-0.3, -0.25) is 4.79 Å². The van der Waals surface area contributed by atoms with Gasteiger partial charge < -0.3 is 4.74 Å². The molecule has 0 fully saturated rings. The fraction of sp³-hybridized carbons (Fsp3) is 0.138. The van der Waals surface area contributed by atoms with Gasteiger partial charge in [0.1, 0.15) is 35.1 Å². The summed E-state index contributed by atoms with van der Waals surface area (Å²) < 4.78 is 7.16. The van der Waals surface area contributed by atoms with Gasteiger partial charge in [-0.05, 0) is 68.4 Å². The highest BCUT2D eigenvalue weighted by Gasteiger charge is 2.46. The molecule has 0 saturated carbocycles. The summed E-state index contributed by atoms with van der Waals surface area (Å²) in [5.41, 5.74) is 1.09. The van der Waals surface area contributed by atoms with E-state index in [4.69, 9.17) is 4.74 Å². The molecule has 166 valence electrons. The maximum absolute atomic E-state index is 11.9. The highest BCUT2D eigenvalue weighted by Crippen LogP contribution is 2.59. The smallest absolute Gasteiger partial charge is 0.169 e. The first-order chi connectivity index (χ1) is 16.0. The van der Waals surface area contributed by atoms with Crippen molar-refractivity contribution in [2.45, 2.75) is 26.1 Å². The first-order valence-electron chi connectivity index (χ1n) is 11.0. The maximum Gasteiger partial charge on any atom is 0.169 e. The van der Waals surface area contributed by atoms with Gasteiger partial charge in [0.15, 0.2) is 11.9 Å². The predicted molar refractivity (Wildman–Crippen MR) is 144 cm³/mol. The lowest BCUT2D eigenvalue weighted by atomic mass is 10.2. The summed E-state index contributed by atoms with van der Waals surface area (Å²) in [6, 6.07) is 38.4. The van der Waals surface area contributed by atoms with Crippen LogP contribution in [0.15, 0.2) is 114 Å². The summed E-state index contributed by atoms with van der Waals surface area (Å²) in [5, 5.41) is 3.94. The molecular weight excluding hydrogens is 491 g/mol. The van der Waals surface area contributed by atoms with Crippen LogP contribution >= 0.6 is 23.2 Å². The molecular formula is C29H27BrO2P+. The third kappa shape index (κ3) is 5.11. The minimum atomic E-state index is -2.07. The quantitative estimate of drug-likeness (QED) is 0.256. The molecule has 4 heteroatoms. The number of ether oxygens (including phenoxy) is 1. The van der Waals surface area contributed by atoms with Gasteiger partial charge in [0.05, 0.1) is 0 Å². The Morgan fingerprint density at radius 3 is 1.67 bits per heavy atom.